The molecular formula is C16H24N2O6S. The molecule has 0 aliphatic heterocycles. The van der Waals surface area contributed by atoms with Crippen molar-refractivity contribution in [3.8, 4) is 0 Å². The summed E-state index contributed by atoms with van der Waals surface area (Å²) in [7, 11) is -0.832. The quantitative estimate of drug-likeness (QED) is 0.518. The summed E-state index contributed by atoms with van der Waals surface area (Å²) in [6.07, 6.45) is 2.54. The highest BCUT2D eigenvalue weighted by Gasteiger charge is 2.13. The summed E-state index contributed by atoms with van der Waals surface area (Å²) in [6.45, 7) is 4.44. The smallest absolute Gasteiger partial charge is 0.414 e. The van der Waals surface area contributed by atoms with Gasteiger partial charge < -0.3 is 20.8 Å². The molecule has 0 spiro atoms. The summed E-state index contributed by atoms with van der Waals surface area (Å²) in [6, 6.07) is 7.49. The molecule has 8 nitrogen and oxygen atoms in total. The number of carbonyl (C=O) groups excluding carboxylic acids is 1. The zero-order valence-electron chi connectivity index (χ0n) is 14.4. The minimum Gasteiger partial charge on any atom is -0.473 e. The van der Waals surface area contributed by atoms with Crippen LogP contribution in [0.4, 0.5) is 5.69 Å². The second-order valence-electron chi connectivity index (χ2n) is 5.06. The van der Waals surface area contributed by atoms with Crippen LogP contribution >= 0.6 is 0 Å². The lowest BCUT2D eigenvalue weighted by molar-refractivity contribution is -0.159. The van der Waals surface area contributed by atoms with E-state index in [0.29, 0.717) is 12.3 Å². The molecule has 1 aromatic rings. The molecule has 2 atom stereocenters. The van der Waals surface area contributed by atoms with Gasteiger partial charge in [-0.1, -0.05) is 25.1 Å². The molecule has 0 saturated carbocycles. The van der Waals surface area contributed by atoms with Gasteiger partial charge in [-0.25, -0.2) is 9.59 Å². The average Bonchev–Trinajstić information content (AvgIpc) is 2.55. The van der Waals surface area contributed by atoms with Gasteiger partial charge in [0, 0.05) is 35.0 Å². The molecule has 140 valence electrons. The Hall–Kier alpha value is -2.26. The Morgan fingerprint density at radius 2 is 1.72 bits per heavy atom. The lowest BCUT2D eigenvalue weighted by atomic mass is 10.1. The maximum absolute atomic E-state index is 12.0. The zero-order chi connectivity index (χ0) is 19.4. The van der Waals surface area contributed by atoms with Gasteiger partial charge in [-0.2, -0.15) is 0 Å². The van der Waals surface area contributed by atoms with Gasteiger partial charge in [0.15, 0.2) is 0 Å². The Kier molecular flexibility index (Phi) is 11.1. The van der Waals surface area contributed by atoms with Crippen molar-refractivity contribution in [2.24, 2.45) is 0 Å². The number of benzene rings is 1. The maximum Gasteiger partial charge on any atom is 0.414 e. The number of aryl methyl sites for hydroxylation is 1. The van der Waals surface area contributed by atoms with Gasteiger partial charge in [-0.05, 0) is 25.0 Å². The topological polar surface area (TPSA) is 133 Å². The molecule has 0 heterocycles. The maximum atomic E-state index is 12.0. The highest BCUT2D eigenvalue weighted by atomic mass is 32.2. The third-order valence-electron chi connectivity index (χ3n) is 3.07. The van der Waals surface area contributed by atoms with Crippen LogP contribution in [0.15, 0.2) is 24.3 Å². The Morgan fingerprint density at radius 1 is 1.16 bits per heavy atom. The number of carbonyl (C=O) groups is 3. The summed E-state index contributed by atoms with van der Waals surface area (Å²) in [5.74, 6) is -3.16. The third-order valence-corrected chi connectivity index (χ3v) is 3.85. The van der Waals surface area contributed by atoms with E-state index >= 15 is 0 Å². The van der Waals surface area contributed by atoms with E-state index in [1.807, 2.05) is 31.2 Å². The van der Waals surface area contributed by atoms with Crippen LogP contribution in [-0.2, 0) is 31.6 Å². The minimum absolute atomic E-state index is 0.0669. The Morgan fingerprint density at radius 3 is 2.20 bits per heavy atom. The molecule has 25 heavy (non-hydrogen) atoms. The summed E-state index contributed by atoms with van der Waals surface area (Å²) in [4.78, 5) is 30.2. The SMILES string of the molecule is CCc1ccccc1NC(=O)C(C)NCCS(C)=O.O=C(O)C(=O)O. The summed E-state index contributed by atoms with van der Waals surface area (Å²) < 4.78 is 10.9. The Labute approximate surface area is 149 Å². The summed E-state index contributed by atoms with van der Waals surface area (Å²) in [5.41, 5.74) is 1.99. The lowest BCUT2D eigenvalue weighted by Crippen LogP contribution is -2.39. The monoisotopic (exact) mass is 372 g/mol. The van der Waals surface area contributed by atoms with E-state index in [1.165, 1.54) is 0 Å². The fraction of sp³-hybridized carbons (Fsp3) is 0.438. The van der Waals surface area contributed by atoms with E-state index in [1.54, 1.807) is 6.26 Å². The van der Waals surface area contributed by atoms with Crippen molar-refractivity contribution in [2.75, 3.05) is 23.9 Å². The average molecular weight is 372 g/mol. The van der Waals surface area contributed by atoms with Crippen LogP contribution in [0.5, 0.6) is 0 Å². The van der Waals surface area contributed by atoms with Crippen LogP contribution in [0.3, 0.4) is 0 Å². The van der Waals surface area contributed by atoms with Crippen molar-refractivity contribution in [1.82, 2.24) is 5.32 Å². The predicted octanol–water partition coefficient (Wildman–Crippen LogP) is 0.700. The van der Waals surface area contributed by atoms with E-state index in [4.69, 9.17) is 19.8 Å². The first-order valence-electron chi connectivity index (χ1n) is 7.57. The number of amides is 1. The molecule has 0 aliphatic carbocycles. The number of rotatable bonds is 7. The van der Waals surface area contributed by atoms with E-state index in [0.717, 1.165) is 17.7 Å². The standard InChI is InChI=1S/C14H22N2O2S.C2H2O4/c1-4-12-7-5-6-8-13(12)16-14(17)11(2)15-9-10-19(3)18;3-1(4)2(5)6/h5-8,11,15H,4,9-10H2,1-3H3,(H,16,17);(H,3,4)(H,5,6). The molecule has 0 aromatic heterocycles. The highest BCUT2D eigenvalue weighted by molar-refractivity contribution is 7.84. The molecule has 0 aliphatic rings. The normalized spacial score (nSPS) is 12.3. The number of para-hydroxylation sites is 1. The molecule has 0 fully saturated rings. The molecule has 0 bridgehead atoms. The van der Waals surface area contributed by atoms with Crippen LogP contribution in [0, 0.1) is 0 Å². The molecule has 0 saturated heterocycles. The zero-order valence-corrected chi connectivity index (χ0v) is 15.3. The Balaban J connectivity index is 0.000000823. The van der Waals surface area contributed by atoms with Crippen molar-refractivity contribution in [1.29, 1.82) is 0 Å². The van der Waals surface area contributed by atoms with Gasteiger partial charge in [0.1, 0.15) is 0 Å². The van der Waals surface area contributed by atoms with Crippen molar-refractivity contribution in [3.63, 3.8) is 0 Å². The second kappa shape index (κ2) is 12.2. The van der Waals surface area contributed by atoms with Gasteiger partial charge in [0.05, 0.1) is 6.04 Å². The summed E-state index contributed by atoms with van der Waals surface area (Å²) in [5, 5.41) is 20.8. The number of nitrogens with one attached hydrogen (secondary N) is 2. The number of carboxylic acids is 2. The van der Waals surface area contributed by atoms with Crippen LogP contribution < -0.4 is 10.6 Å². The second-order valence-corrected chi connectivity index (χ2v) is 6.62. The Bertz CT molecular complexity index is 608. The van der Waals surface area contributed by atoms with Crippen molar-refractivity contribution in [2.45, 2.75) is 26.3 Å². The van der Waals surface area contributed by atoms with Crippen molar-refractivity contribution >= 4 is 34.3 Å². The number of aliphatic carboxylic acids is 2. The van der Waals surface area contributed by atoms with Crippen LogP contribution in [-0.4, -0.2) is 56.9 Å². The largest absolute Gasteiger partial charge is 0.473 e. The molecule has 9 heteroatoms. The fourth-order valence-electron chi connectivity index (χ4n) is 1.70. The minimum atomic E-state index is -1.82. The number of hydrogen-bond donors (Lipinski definition) is 4. The van der Waals surface area contributed by atoms with E-state index in [2.05, 4.69) is 17.6 Å². The predicted molar refractivity (Wildman–Crippen MR) is 96.1 cm³/mol. The molecule has 1 amide bonds. The fourth-order valence-corrected chi connectivity index (χ4v) is 2.11. The van der Waals surface area contributed by atoms with Gasteiger partial charge in [0.2, 0.25) is 5.91 Å². The van der Waals surface area contributed by atoms with Gasteiger partial charge in [-0.15, -0.1) is 0 Å². The van der Waals surface area contributed by atoms with Crippen LogP contribution in [0.2, 0.25) is 0 Å². The lowest BCUT2D eigenvalue weighted by Gasteiger charge is -2.15. The van der Waals surface area contributed by atoms with Crippen molar-refractivity contribution < 1.29 is 28.8 Å². The first-order chi connectivity index (χ1) is 11.7. The summed E-state index contributed by atoms with van der Waals surface area (Å²) >= 11 is 0. The van der Waals surface area contributed by atoms with Crippen LogP contribution in [0.25, 0.3) is 0 Å². The molecule has 2 unspecified atom stereocenters. The van der Waals surface area contributed by atoms with Gasteiger partial charge in [-0.3, -0.25) is 9.00 Å². The van der Waals surface area contributed by atoms with E-state index in [-0.39, 0.29) is 11.9 Å². The van der Waals surface area contributed by atoms with E-state index < -0.39 is 22.7 Å². The molecule has 0 radical (unpaired) electrons. The highest BCUT2D eigenvalue weighted by Crippen LogP contribution is 2.15. The van der Waals surface area contributed by atoms with Crippen molar-refractivity contribution in [3.05, 3.63) is 29.8 Å². The van der Waals surface area contributed by atoms with Gasteiger partial charge >= 0.3 is 11.9 Å². The first-order valence-corrected chi connectivity index (χ1v) is 9.30. The number of anilines is 1. The molecular weight excluding hydrogens is 348 g/mol. The molecule has 1 aromatic carbocycles. The number of hydrogen-bond acceptors (Lipinski definition) is 5. The first kappa shape index (κ1) is 22.7. The van der Waals surface area contributed by atoms with E-state index in [9.17, 15) is 9.00 Å². The molecule has 1 rings (SSSR count). The van der Waals surface area contributed by atoms with Gasteiger partial charge in [0.25, 0.3) is 0 Å². The molecule has 4 N–H and O–H groups in total. The number of carboxylic acid groups (broad SMARTS) is 2. The van der Waals surface area contributed by atoms with Crippen LogP contribution in [0.1, 0.15) is 19.4 Å². The third kappa shape index (κ3) is 10.3.